The number of hydrogen-bond donors (Lipinski definition) is 1. The van der Waals surface area contributed by atoms with E-state index in [-0.39, 0.29) is 11.6 Å². The molecule has 18 heavy (non-hydrogen) atoms. The third-order valence-corrected chi connectivity index (χ3v) is 2.79. The molecule has 0 heterocycles. The van der Waals surface area contributed by atoms with Gasteiger partial charge in [0.1, 0.15) is 5.75 Å². The van der Waals surface area contributed by atoms with Gasteiger partial charge in [0.2, 0.25) is 0 Å². The first-order valence-corrected chi connectivity index (χ1v) is 5.84. The molecule has 2 rings (SSSR count). The van der Waals surface area contributed by atoms with Crippen LogP contribution in [-0.2, 0) is 6.54 Å². The molecule has 0 fully saturated rings. The zero-order valence-electron chi connectivity index (χ0n) is 10.5. The molecule has 0 radical (unpaired) electrons. The van der Waals surface area contributed by atoms with Gasteiger partial charge in [0.25, 0.3) is 0 Å². The van der Waals surface area contributed by atoms with E-state index in [2.05, 4.69) is 0 Å². The van der Waals surface area contributed by atoms with Gasteiger partial charge in [0.15, 0.2) is 11.6 Å². The van der Waals surface area contributed by atoms with Crippen LogP contribution < -0.4 is 10.5 Å². The van der Waals surface area contributed by atoms with E-state index >= 15 is 0 Å². The summed E-state index contributed by atoms with van der Waals surface area (Å²) < 4.78 is 19.3. The van der Waals surface area contributed by atoms with Crippen LogP contribution in [0.4, 0.5) is 4.39 Å². The molecule has 0 aromatic heterocycles. The molecule has 0 saturated heterocycles. The molecule has 2 aromatic rings. The molecule has 0 saturated carbocycles. The van der Waals surface area contributed by atoms with E-state index in [9.17, 15) is 4.39 Å². The molecule has 94 valence electrons. The van der Waals surface area contributed by atoms with Crippen molar-refractivity contribution in [3.05, 3.63) is 58.9 Å². The van der Waals surface area contributed by atoms with Crippen molar-refractivity contribution in [2.45, 2.75) is 20.4 Å². The fourth-order valence-electron chi connectivity index (χ4n) is 1.69. The van der Waals surface area contributed by atoms with Crippen LogP contribution in [0.15, 0.2) is 36.4 Å². The first kappa shape index (κ1) is 12.6. The van der Waals surface area contributed by atoms with Crippen molar-refractivity contribution >= 4 is 0 Å². The molecule has 3 heteroatoms. The molecule has 0 amide bonds. The third-order valence-electron chi connectivity index (χ3n) is 2.79. The van der Waals surface area contributed by atoms with Crippen molar-refractivity contribution in [1.29, 1.82) is 0 Å². The van der Waals surface area contributed by atoms with Crippen LogP contribution in [0, 0.1) is 19.7 Å². The summed E-state index contributed by atoms with van der Waals surface area (Å²) in [5, 5.41) is 0. The van der Waals surface area contributed by atoms with Crippen LogP contribution in [0.1, 0.15) is 16.7 Å². The molecule has 2 N–H and O–H groups in total. The second-order valence-electron chi connectivity index (χ2n) is 4.34. The van der Waals surface area contributed by atoms with Crippen LogP contribution in [-0.4, -0.2) is 0 Å². The van der Waals surface area contributed by atoms with E-state index in [1.165, 1.54) is 6.07 Å². The first-order chi connectivity index (χ1) is 8.60. The van der Waals surface area contributed by atoms with Crippen molar-refractivity contribution < 1.29 is 9.13 Å². The highest BCUT2D eigenvalue weighted by molar-refractivity contribution is 5.41. The number of benzene rings is 2. The van der Waals surface area contributed by atoms with Gasteiger partial charge in [-0.3, -0.25) is 0 Å². The summed E-state index contributed by atoms with van der Waals surface area (Å²) in [4.78, 5) is 0. The van der Waals surface area contributed by atoms with Crippen molar-refractivity contribution in [1.82, 2.24) is 0 Å². The number of aryl methyl sites for hydroxylation is 2. The summed E-state index contributed by atoms with van der Waals surface area (Å²) in [5.74, 6) is 0.521. The Morgan fingerprint density at radius 2 is 1.83 bits per heavy atom. The van der Waals surface area contributed by atoms with Gasteiger partial charge >= 0.3 is 0 Å². The van der Waals surface area contributed by atoms with Crippen LogP contribution >= 0.6 is 0 Å². The Morgan fingerprint density at radius 1 is 1.06 bits per heavy atom. The van der Waals surface area contributed by atoms with Crippen molar-refractivity contribution in [2.24, 2.45) is 5.73 Å². The highest BCUT2D eigenvalue weighted by Crippen LogP contribution is 2.28. The highest BCUT2D eigenvalue weighted by atomic mass is 19.1. The van der Waals surface area contributed by atoms with Crippen molar-refractivity contribution in [2.75, 3.05) is 0 Å². The Morgan fingerprint density at radius 3 is 2.56 bits per heavy atom. The predicted molar refractivity (Wildman–Crippen MR) is 70.3 cm³/mol. The molecule has 0 spiro atoms. The molecule has 2 nitrogen and oxygen atoms in total. The summed E-state index contributed by atoms with van der Waals surface area (Å²) >= 11 is 0. The molecule has 0 unspecified atom stereocenters. The second-order valence-corrected chi connectivity index (χ2v) is 4.34. The van der Waals surface area contributed by atoms with E-state index in [0.717, 1.165) is 16.7 Å². The van der Waals surface area contributed by atoms with Gasteiger partial charge < -0.3 is 10.5 Å². The predicted octanol–water partition coefficient (Wildman–Crippen LogP) is 3.69. The van der Waals surface area contributed by atoms with E-state index < -0.39 is 0 Å². The average molecular weight is 245 g/mol. The zero-order valence-corrected chi connectivity index (χ0v) is 10.5. The first-order valence-electron chi connectivity index (χ1n) is 5.84. The number of halogens is 1. The van der Waals surface area contributed by atoms with Gasteiger partial charge in [-0.2, -0.15) is 0 Å². The molecule has 2 aromatic carbocycles. The Hall–Kier alpha value is -1.87. The molecular weight excluding hydrogens is 229 g/mol. The van der Waals surface area contributed by atoms with Gasteiger partial charge in [-0.25, -0.2) is 4.39 Å². The topological polar surface area (TPSA) is 35.2 Å². The SMILES string of the molecule is Cc1ccc(F)c(Oc2cc(CN)ccc2C)c1. The lowest BCUT2D eigenvalue weighted by atomic mass is 10.1. The van der Waals surface area contributed by atoms with E-state index in [4.69, 9.17) is 10.5 Å². The lowest BCUT2D eigenvalue weighted by Crippen LogP contribution is -1.98. The number of rotatable bonds is 3. The smallest absolute Gasteiger partial charge is 0.165 e. The minimum Gasteiger partial charge on any atom is -0.454 e. The Balaban J connectivity index is 2.36. The van der Waals surface area contributed by atoms with Gasteiger partial charge in [-0.1, -0.05) is 18.2 Å². The summed E-state index contributed by atoms with van der Waals surface area (Å²) in [7, 11) is 0. The fraction of sp³-hybridized carbons (Fsp3) is 0.200. The quantitative estimate of drug-likeness (QED) is 0.895. The van der Waals surface area contributed by atoms with Crippen LogP contribution in [0.2, 0.25) is 0 Å². The van der Waals surface area contributed by atoms with Crippen LogP contribution in [0.5, 0.6) is 11.5 Å². The van der Waals surface area contributed by atoms with Crippen LogP contribution in [0.3, 0.4) is 0 Å². The van der Waals surface area contributed by atoms with Crippen molar-refractivity contribution in [3.8, 4) is 11.5 Å². The zero-order chi connectivity index (χ0) is 13.1. The van der Waals surface area contributed by atoms with Crippen molar-refractivity contribution in [3.63, 3.8) is 0 Å². The lowest BCUT2D eigenvalue weighted by Gasteiger charge is -2.11. The number of nitrogens with two attached hydrogens (primary N) is 1. The summed E-state index contributed by atoms with van der Waals surface area (Å²) in [5.41, 5.74) is 8.46. The maximum Gasteiger partial charge on any atom is 0.165 e. The summed E-state index contributed by atoms with van der Waals surface area (Å²) in [6.07, 6.45) is 0. The Bertz CT molecular complexity index is 566. The molecule has 0 atom stereocenters. The number of hydrogen-bond acceptors (Lipinski definition) is 2. The molecular formula is C15H16FNO. The molecule has 0 bridgehead atoms. The average Bonchev–Trinajstić information content (AvgIpc) is 2.36. The van der Waals surface area contributed by atoms with E-state index in [1.54, 1.807) is 12.1 Å². The third kappa shape index (κ3) is 2.68. The Labute approximate surface area is 106 Å². The molecule has 0 aliphatic heterocycles. The van der Waals surface area contributed by atoms with Gasteiger partial charge in [-0.05, 0) is 48.7 Å². The highest BCUT2D eigenvalue weighted by Gasteiger charge is 2.07. The second kappa shape index (κ2) is 5.19. The fourth-order valence-corrected chi connectivity index (χ4v) is 1.69. The Kier molecular flexibility index (Phi) is 3.63. The molecule has 0 aliphatic rings. The maximum atomic E-state index is 13.6. The minimum absolute atomic E-state index is 0.243. The van der Waals surface area contributed by atoms with Gasteiger partial charge in [0.05, 0.1) is 0 Å². The summed E-state index contributed by atoms with van der Waals surface area (Å²) in [6.45, 7) is 4.26. The standard InChI is InChI=1S/C15H16FNO/c1-10-3-6-13(16)15(7-10)18-14-8-12(9-17)5-4-11(14)2/h3-8H,9,17H2,1-2H3. The molecule has 0 aliphatic carbocycles. The van der Waals surface area contributed by atoms with Crippen LogP contribution in [0.25, 0.3) is 0 Å². The lowest BCUT2D eigenvalue weighted by molar-refractivity contribution is 0.438. The summed E-state index contributed by atoms with van der Waals surface area (Å²) in [6, 6.07) is 10.5. The van der Waals surface area contributed by atoms with Gasteiger partial charge in [0, 0.05) is 6.54 Å². The maximum absolute atomic E-state index is 13.6. The number of ether oxygens (including phenoxy) is 1. The van der Waals surface area contributed by atoms with E-state index in [1.807, 2.05) is 32.0 Å². The normalized spacial score (nSPS) is 10.4. The minimum atomic E-state index is -0.363. The van der Waals surface area contributed by atoms with E-state index in [0.29, 0.717) is 12.3 Å². The monoisotopic (exact) mass is 245 g/mol. The van der Waals surface area contributed by atoms with Gasteiger partial charge in [-0.15, -0.1) is 0 Å². The largest absolute Gasteiger partial charge is 0.454 e.